The first kappa shape index (κ1) is 18.5. The third kappa shape index (κ3) is 2.94. The van der Waals surface area contributed by atoms with E-state index in [9.17, 15) is 5.11 Å². The molecule has 4 heteroatoms. The molecule has 26 heavy (non-hydrogen) atoms. The second kappa shape index (κ2) is 6.08. The molecule has 2 saturated carbocycles. The molecule has 1 aromatic rings. The quantitative estimate of drug-likeness (QED) is 0.839. The van der Waals surface area contributed by atoms with E-state index in [2.05, 4.69) is 58.9 Å². The van der Waals surface area contributed by atoms with Crippen LogP contribution >= 0.6 is 0 Å². The summed E-state index contributed by atoms with van der Waals surface area (Å²) >= 11 is 0. The van der Waals surface area contributed by atoms with Crippen molar-refractivity contribution in [1.29, 1.82) is 0 Å². The molecule has 2 aliphatic carbocycles. The van der Waals surface area contributed by atoms with Crippen LogP contribution in [0.4, 0.5) is 0 Å². The van der Waals surface area contributed by atoms with Crippen LogP contribution in [0.1, 0.15) is 65.9 Å². The van der Waals surface area contributed by atoms with Crippen LogP contribution in [0.15, 0.2) is 24.3 Å². The fourth-order valence-electron chi connectivity index (χ4n) is 5.20. The maximum Gasteiger partial charge on any atom is 0.494 e. The minimum atomic E-state index is -0.312. The Morgan fingerprint density at radius 3 is 2.38 bits per heavy atom. The number of benzene rings is 1. The van der Waals surface area contributed by atoms with Gasteiger partial charge >= 0.3 is 7.12 Å². The normalized spacial score (nSPS) is 37.9. The van der Waals surface area contributed by atoms with Crippen molar-refractivity contribution in [2.24, 2.45) is 17.3 Å². The fraction of sp³-hybridized carbons (Fsp3) is 0.727. The minimum Gasteiger partial charge on any atom is -0.399 e. The topological polar surface area (TPSA) is 38.7 Å². The number of hydrogen-bond donors (Lipinski definition) is 1. The van der Waals surface area contributed by atoms with E-state index >= 15 is 0 Å². The molecule has 4 atom stereocenters. The predicted octanol–water partition coefficient (Wildman–Crippen LogP) is 3.72. The number of hydrogen-bond acceptors (Lipinski definition) is 3. The number of aliphatic hydroxyl groups excluding tert-OH is 1. The molecule has 1 aromatic carbocycles. The molecule has 4 unspecified atom stereocenters. The smallest absolute Gasteiger partial charge is 0.399 e. The largest absolute Gasteiger partial charge is 0.494 e. The SMILES string of the molecule is CC12CCC1CC(O)CC2Cc1cccc(B2OC(C)(C)C(C)(C)O2)c1. The van der Waals surface area contributed by atoms with Gasteiger partial charge in [0.1, 0.15) is 0 Å². The molecule has 3 aliphatic rings. The summed E-state index contributed by atoms with van der Waals surface area (Å²) in [7, 11) is -0.302. The van der Waals surface area contributed by atoms with Gasteiger partial charge in [0.15, 0.2) is 0 Å². The van der Waals surface area contributed by atoms with Crippen molar-refractivity contribution in [1.82, 2.24) is 0 Å². The van der Waals surface area contributed by atoms with Crippen LogP contribution in [-0.2, 0) is 15.7 Å². The Morgan fingerprint density at radius 1 is 1.08 bits per heavy atom. The zero-order chi connectivity index (χ0) is 18.7. The molecule has 1 saturated heterocycles. The Bertz CT molecular complexity index is 670. The van der Waals surface area contributed by atoms with Gasteiger partial charge in [0.25, 0.3) is 0 Å². The van der Waals surface area contributed by atoms with E-state index in [4.69, 9.17) is 9.31 Å². The van der Waals surface area contributed by atoms with Crippen molar-refractivity contribution >= 4 is 12.6 Å². The van der Waals surface area contributed by atoms with Crippen LogP contribution in [0.3, 0.4) is 0 Å². The standard InChI is InChI=1S/C22H33BO3/c1-20(2)21(3,4)26-23(25-20)18-8-6-7-15(12-18)11-17-14-19(24)13-16-9-10-22(16,17)5/h6-8,12,16-17,19,24H,9-11,13-14H2,1-5H3. The summed E-state index contributed by atoms with van der Waals surface area (Å²) in [6, 6.07) is 8.69. The Kier molecular flexibility index (Phi) is 4.34. The summed E-state index contributed by atoms with van der Waals surface area (Å²) in [5.41, 5.74) is 2.23. The number of rotatable bonds is 3. The molecule has 0 amide bonds. The van der Waals surface area contributed by atoms with E-state index in [1.165, 1.54) is 18.4 Å². The first-order valence-corrected chi connectivity index (χ1v) is 10.2. The lowest BCUT2D eigenvalue weighted by atomic mass is 9.49. The molecule has 0 bridgehead atoms. The van der Waals surface area contributed by atoms with E-state index in [0.29, 0.717) is 17.3 Å². The van der Waals surface area contributed by atoms with Crippen molar-refractivity contribution in [3.8, 4) is 0 Å². The van der Waals surface area contributed by atoms with E-state index in [1.54, 1.807) is 0 Å². The van der Waals surface area contributed by atoms with Crippen LogP contribution in [0.5, 0.6) is 0 Å². The summed E-state index contributed by atoms with van der Waals surface area (Å²) in [5.74, 6) is 1.28. The van der Waals surface area contributed by atoms with Gasteiger partial charge < -0.3 is 14.4 Å². The van der Waals surface area contributed by atoms with Crippen LogP contribution < -0.4 is 5.46 Å². The molecule has 4 rings (SSSR count). The highest BCUT2D eigenvalue weighted by Crippen LogP contribution is 2.58. The van der Waals surface area contributed by atoms with Gasteiger partial charge in [0, 0.05) is 0 Å². The maximum atomic E-state index is 10.3. The molecule has 1 heterocycles. The van der Waals surface area contributed by atoms with Gasteiger partial charge in [0.05, 0.1) is 17.3 Å². The minimum absolute atomic E-state index is 0.121. The Morgan fingerprint density at radius 2 is 1.77 bits per heavy atom. The third-order valence-electron chi connectivity index (χ3n) is 7.97. The highest BCUT2D eigenvalue weighted by Gasteiger charge is 2.53. The monoisotopic (exact) mass is 356 g/mol. The van der Waals surface area contributed by atoms with Gasteiger partial charge in [-0.25, -0.2) is 0 Å². The number of aliphatic hydroxyl groups is 1. The summed E-state index contributed by atoms with van der Waals surface area (Å²) in [6.45, 7) is 10.8. The molecule has 0 radical (unpaired) electrons. The summed E-state index contributed by atoms with van der Waals surface area (Å²) in [6.07, 6.45) is 5.46. The Labute approximate surface area is 158 Å². The van der Waals surface area contributed by atoms with Crippen LogP contribution in [0.2, 0.25) is 0 Å². The van der Waals surface area contributed by atoms with Gasteiger partial charge in [0.2, 0.25) is 0 Å². The molecule has 0 aromatic heterocycles. The Balaban J connectivity index is 1.52. The van der Waals surface area contributed by atoms with Crippen LogP contribution in [0, 0.1) is 17.3 Å². The molecule has 3 fully saturated rings. The summed E-state index contributed by atoms with van der Waals surface area (Å²) in [4.78, 5) is 0. The average molecular weight is 356 g/mol. The maximum absolute atomic E-state index is 10.3. The average Bonchev–Trinajstić information content (AvgIpc) is 2.77. The van der Waals surface area contributed by atoms with Crippen molar-refractivity contribution < 1.29 is 14.4 Å². The molecule has 0 spiro atoms. The molecule has 1 N–H and O–H groups in total. The lowest BCUT2D eigenvalue weighted by Crippen LogP contribution is -2.50. The fourth-order valence-corrected chi connectivity index (χ4v) is 5.20. The first-order chi connectivity index (χ1) is 12.1. The van der Waals surface area contributed by atoms with Crippen molar-refractivity contribution in [2.45, 2.75) is 84.0 Å². The predicted molar refractivity (Wildman–Crippen MR) is 105 cm³/mol. The molecule has 3 nitrogen and oxygen atoms in total. The van der Waals surface area contributed by atoms with Gasteiger partial charge in [-0.1, -0.05) is 31.2 Å². The molecule has 142 valence electrons. The highest BCUT2D eigenvalue weighted by molar-refractivity contribution is 6.62. The third-order valence-corrected chi connectivity index (χ3v) is 7.97. The zero-order valence-corrected chi connectivity index (χ0v) is 16.9. The van der Waals surface area contributed by atoms with E-state index < -0.39 is 0 Å². The highest BCUT2D eigenvalue weighted by atomic mass is 16.7. The number of fused-ring (bicyclic) bond motifs is 1. The van der Waals surface area contributed by atoms with E-state index in [1.807, 2.05) is 0 Å². The van der Waals surface area contributed by atoms with E-state index in [0.717, 1.165) is 24.7 Å². The van der Waals surface area contributed by atoms with Crippen molar-refractivity contribution in [3.05, 3.63) is 29.8 Å². The van der Waals surface area contributed by atoms with Crippen LogP contribution in [-0.4, -0.2) is 29.5 Å². The second-order valence-corrected chi connectivity index (χ2v) is 10.1. The second-order valence-electron chi connectivity index (χ2n) is 10.1. The summed E-state index contributed by atoms with van der Waals surface area (Å²) < 4.78 is 12.4. The van der Waals surface area contributed by atoms with Crippen LogP contribution in [0.25, 0.3) is 0 Å². The van der Waals surface area contributed by atoms with Gasteiger partial charge in [-0.05, 0) is 88.1 Å². The van der Waals surface area contributed by atoms with E-state index in [-0.39, 0.29) is 24.4 Å². The molecular formula is C22H33BO3. The lowest BCUT2D eigenvalue weighted by Gasteiger charge is -2.57. The van der Waals surface area contributed by atoms with Gasteiger partial charge in [-0.3, -0.25) is 0 Å². The molecule has 1 aliphatic heterocycles. The summed E-state index contributed by atoms with van der Waals surface area (Å²) in [5, 5.41) is 10.3. The first-order valence-electron chi connectivity index (χ1n) is 10.2. The van der Waals surface area contributed by atoms with Crippen molar-refractivity contribution in [2.75, 3.05) is 0 Å². The lowest BCUT2D eigenvalue weighted by molar-refractivity contribution is -0.0974. The Hall–Kier alpha value is -0.835. The zero-order valence-electron chi connectivity index (χ0n) is 16.9. The molecular weight excluding hydrogens is 323 g/mol. The van der Waals surface area contributed by atoms with Gasteiger partial charge in [-0.2, -0.15) is 0 Å². The van der Waals surface area contributed by atoms with Crippen molar-refractivity contribution in [3.63, 3.8) is 0 Å². The van der Waals surface area contributed by atoms with Gasteiger partial charge in [-0.15, -0.1) is 0 Å².